The summed E-state index contributed by atoms with van der Waals surface area (Å²) in [5, 5.41) is 3.73. The third kappa shape index (κ3) is 4.81. The molecule has 0 unspecified atom stereocenters. The first-order chi connectivity index (χ1) is 13.2. The maximum Gasteiger partial charge on any atom is 0.262 e. The molecule has 6 heteroatoms. The van der Waals surface area contributed by atoms with Crippen molar-refractivity contribution >= 4 is 28.6 Å². The number of hydrogen-bond donors (Lipinski definition) is 1. The fourth-order valence-electron chi connectivity index (χ4n) is 2.83. The van der Waals surface area contributed by atoms with Crippen LogP contribution < -0.4 is 10.9 Å². The van der Waals surface area contributed by atoms with Crippen molar-refractivity contribution in [1.82, 2.24) is 14.9 Å². The summed E-state index contributed by atoms with van der Waals surface area (Å²) >= 11 is 1.31. The maximum atomic E-state index is 13.1. The van der Waals surface area contributed by atoms with E-state index in [2.05, 4.69) is 5.32 Å². The second-order valence-corrected chi connectivity index (χ2v) is 9.10. The number of para-hydroxylation sites is 1. The Bertz CT molecular complexity index is 1040. The van der Waals surface area contributed by atoms with Gasteiger partial charge in [0.15, 0.2) is 5.16 Å². The molecule has 0 aliphatic carbocycles. The van der Waals surface area contributed by atoms with E-state index in [1.54, 1.807) is 10.6 Å². The highest BCUT2D eigenvalue weighted by Crippen LogP contribution is 2.24. The number of carbonyl (C=O) groups excluding carboxylic acids is 1. The number of nitrogens with one attached hydrogen (secondary N) is 1. The number of thioether (sulfide) groups is 1. The van der Waals surface area contributed by atoms with Crippen molar-refractivity contribution in [2.45, 2.75) is 50.2 Å². The summed E-state index contributed by atoms with van der Waals surface area (Å²) in [7, 11) is 0. The first-order valence-corrected chi connectivity index (χ1v) is 10.1. The second-order valence-electron chi connectivity index (χ2n) is 7.79. The van der Waals surface area contributed by atoms with E-state index in [1.807, 2.05) is 76.2 Å². The molecule has 1 atom stereocenters. The van der Waals surface area contributed by atoms with Gasteiger partial charge in [0, 0.05) is 5.54 Å². The molecule has 1 N–H and O–H groups in total. The lowest BCUT2D eigenvalue weighted by atomic mass is 10.1. The molecule has 1 amide bonds. The second kappa shape index (κ2) is 8.19. The minimum atomic E-state index is -0.380. The van der Waals surface area contributed by atoms with Gasteiger partial charge in [0.2, 0.25) is 5.91 Å². The molecule has 2 aromatic carbocycles. The zero-order valence-corrected chi connectivity index (χ0v) is 17.4. The van der Waals surface area contributed by atoms with Crippen LogP contribution in [0.5, 0.6) is 0 Å². The van der Waals surface area contributed by atoms with Crippen LogP contribution in [0.25, 0.3) is 10.9 Å². The van der Waals surface area contributed by atoms with E-state index in [9.17, 15) is 9.59 Å². The molecule has 0 aliphatic heterocycles. The highest BCUT2D eigenvalue weighted by Gasteiger charge is 2.22. The van der Waals surface area contributed by atoms with Crippen molar-refractivity contribution in [3.8, 4) is 0 Å². The summed E-state index contributed by atoms with van der Waals surface area (Å²) in [5.41, 5.74) is 1.24. The Morgan fingerprint density at radius 2 is 1.75 bits per heavy atom. The molecular weight excluding hydrogens is 370 g/mol. The minimum absolute atomic E-state index is 0.0776. The van der Waals surface area contributed by atoms with Gasteiger partial charge in [-0.15, -0.1) is 0 Å². The highest BCUT2D eigenvalue weighted by molar-refractivity contribution is 8.00. The monoisotopic (exact) mass is 395 g/mol. The number of rotatable bonds is 5. The number of nitrogens with zero attached hydrogens (tertiary/aromatic N) is 2. The summed E-state index contributed by atoms with van der Waals surface area (Å²) in [4.78, 5) is 30.4. The average Bonchev–Trinajstić information content (AvgIpc) is 2.64. The molecule has 1 heterocycles. The zero-order chi connectivity index (χ0) is 20.3. The van der Waals surface area contributed by atoms with Gasteiger partial charge in [-0.2, -0.15) is 0 Å². The third-order valence-corrected chi connectivity index (χ3v) is 5.25. The number of fused-ring (bicyclic) bond motifs is 1. The van der Waals surface area contributed by atoms with Gasteiger partial charge in [0.25, 0.3) is 5.56 Å². The highest BCUT2D eigenvalue weighted by atomic mass is 32.2. The normalized spacial score (nSPS) is 12.7. The molecule has 3 rings (SSSR count). The maximum absolute atomic E-state index is 13.1. The summed E-state index contributed by atoms with van der Waals surface area (Å²) in [6.07, 6.45) is 0. The number of carbonyl (C=O) groups is 1. The van der Waals surface area contributed by atoms with Gasteiger partial charge in [-0.1, -0.05) is 54.2 Å². The number of amides is 1. The first kappa shape index (κ1) is 20.1. The van der Waals surface area contributed by atoms with E-state index in [1.165, 1.54) is 11.8 Å². The molecule has 0 saturated carbocycles. The van der Waals surface area contributed by atoms with E-state index >= 15 is 0 Å². The molecule has 28 heavy (non-hydrogen) atoms. The van der Waals surface area contributed by atoms with Gasteiger partial charge in [-0.05, 0) is 45.4 Å². The molecule has 3 aromatic rings. The van der Waals surface area contributed by atoms with Crippen LogP contribution >= 0.6 is 11.8 Å². The van der Waals surface area contributed by atoms with Crippen LogP contribution in [0.15, 0.2) is 64.5 Å². The Morgan fingerprint density at radius 3 is 2.43 bits per heavy atom. The van der Waals surface area contributed by atoms with Gasteiger partial charge in [-0.3, -0.25) is 14.2 Å². The quantitative estimate of drug-likeness (QED) is 0.527. The van der Waals surface area contributed by atoms with E-state index < -0.39 is 0 Å². The van der Waals surface area contributed by atoms with Gasteiger partial charge in [-0.25, -0.2) is 4.98 Å². The van der Waals surface area contributed by atoms with Crippen molar-refractivity contribution in [3.63, 3.8) is 0 Å². The third-order valence-electron chi connectivity index (χ3n) is 4.16. The van der Waals surface area contributed by atoms with Gasteiger partial charge in [0.05, 0.1) is 22.7 Å². The van der Waals surface area contributed by atoms with Crippen LogP contribution in [-0.4, -0.2) is 26.2 Å². The van der Waals surface area contributed by atoms with Crippen LogP contribution in [0, 0.1) is 0 Å². The van der Waals surface area contributed by atoms with Crippen molar-refractivity contribution in [2.24, 2.45) is 0 Å². The Morgan fingerprint density at radius 1 is 1.11 bits per heavy atom. The summed E-state index contributed by atoms with van der Waals surface area (Å²) < 4.78 is 1.66. The topological polar surface area (TPSA) is 64.0 Å². The van der Waals surface area contributed by atoms with Crippen LogP contribution in [0.4, 0.5) is 0 Å². The molecular formula is C22H25N3O2S. The molecule has 0 saturated heterocycles. The van der Waals surface area contributed by atoms with E-state index in [4.69, 9.17) is 4.98 Å². The van der Waals surface area contributed by atoms with Crippen molar-refractivity contribution < 1.29 is 4.79 Å². The lowest BCUT2D eigenvalue weighted by Gasteiger charge is -2.23. The predicted molar refractivity (Wildman–Crippen MR) is 115 cm³/mol. The molecule has 0 bridgehead atoms. The van der Waals surface area contributed by atoms with Crippen molar-refractivity contribution in [2.75, 3.05) is 0 Å². The number of benzene rings is 2. The van der Waals surface area contributed by atoms with Gasteiger partial charge >= 0.3 is 0 Å². The van der Waals surface area contributed by atoms with Gasteiger partial charge in [0.1, 0.15) is 0 Å². The van der Waals surface area contributed by atoms with Crippen molar-refractivity contribution in [3.05, 3.63) is 70.5 Å². The fourth-order valence-corrected chi connectivity index (χ4v) is 3.73. The molecule has 0 spiro atoms. The Balaban J connectivity index is 2.01. The fraction of sp³-hybridized carbons (Fsp3) is 0.318. The van der Waals surface area contributed by atoms with Crippen LogP contribution in [0.3, 0.4) is 0 Å². The molecule has 0 fully saturated rings. The van der Waals surface area contributed by atoms with Crippen LogP contribution in [0.2, 0.25) is 0 Å². The molecule has 5 nitrogen and oxygen atoms in total. The predicted octanol–water partition coefficient (Wildman–Crippen LogP) is 3.84. The van der Waals surface area contributed by atoms with E-state index in [-0.39, 0.29) is 22.3 Å². The molecule has 146 valence electrons. The Hall–Kier alpha value is -2.60. The Kier molecular flexibility index (Phi) is 5.89. The summed E-state index contributed by atoms with van der Waals surface area (Å²) in [5.74, 6) is -0.0776. The van der Waals surface area contributed by atoms with Gasteiger partial charge < -0.3 is 5.32 Å². The lowest BCUT2D eigenvalue weighted by molar-refractivity contribution is -0.121. The number of hydrogen-bond acceptors (Lipinski definition) is 4. The largest absolute Gasteiger partial charge is 0.351 e. The van der Waals surface area contributed by atoms with Crippen molar-refractivity contribution in [1.29, 1.82) is 0 Å². The zero-order valence-electron chi connectivity index (χ0n) is 16.6. The summed E-state index contributed by atoms with van der Waals surface area (Å²) in [6, 6.07) is 17.1. The Labute approximate surface area is 169 Å². The first-order valence-electron chi connectivity index (χ1n) is 9.27. The molecule has 1 aromatic heterocycles. The number of aromatic nitrogens is 2. The average molecular weight is 396 g/mol. The SMILES string of the molecule is C[C@@H](Sc1nc2ccccc2c(=O)n1Cc1ccccc1)C(=O)NC(C)(C)C. The smallest absolute Gasteiger partial charge is 0.262 e. The standard InChI is InChI=1S/C22H25N3O2S/c1-15(19(26)24-22(2,3)4)28-21-23-18-13-9-8-12-17(18)20(27)25(21)14-16-10-6-5-7-11-16/h5-13,15H,14H2,1-4H3,(H,24,26)/t15-/m1/s1. The lowest BCUT2D eigenvalue weighted by Crippen LogP contribution is -2.44. The molecule has 0 radical (unpaired) electrons. The molecule has 0 aliphatic rings. The summed E-state index contributed by atoms with van der Waals surface area (Å²) in [6.45, 7) is 8.08. The van der Waals surface area contributed by atoms with Crippen LogP contribution in [0.1, 0.15) is 33.3 Å². The van der Waals surface area contributed by atoms with Crippen LogP contribution in [-0.2, 0) is 11.3 Å². The van der Waals surface area contributed by atoms with E-state index in [0.717, 1.165) is 5.56 Å². The minimum Gasteiger partial charge on any atom is -0.351 e. The van der Waals surface area contributed by atoms with E-state index in [0.29, 0.717) is 22.6 Å².